The lowest BCUT2D eigenvalue weighted by Gasteiger charge is -2.26. The topological polar surface area (TPSA) is 83.4 Å². The van der Waals surface area contributed by atoms with Gasteiger partial charge in [-0.1, -0.05) is 6.07 Å². The fraction of sp³-hybridized carbons (Fsp3) is 0.375. The average molecular weight is 331 g/mol. The second-order valence-corrected chi connectivity index (χ2v) is 6.44. The van der Waals surface area contributed by atoms with Gasteiger partial charge in [0.05, 0.1) is 17.8 Å². The molecule has 1 unspecified atom stereocenters. The molecule has 1 saturated carbocycles. The van der Waals surface area contributed by atoms with Crippen molar-refractivity contribution >= 4 is 23.2 Å². The predicted octanol–water partition coefficient (Wildman–Crippen LogP) is 2.21. The fourth-order valence-electron chi connectivity index (χ4n) is 2.45. The van der Waals surface area contributed by atoms with E-state index in [1.54, 1.807) is 13.1 Å². The van der Waals surface area contributed by atoms with Gasteiger partial charge >= 0.3 is 5.97 Å². The zero-order valence-corrected chi connectivity index (χ0v) is 13.5. The maximum absolute atomic E-state index is 12.5. The number of hydrogen-bond acceptors (Lipinski definition) is 5. The molecule has 0 spiro atoms. The Labute approximate surface area is 137 Å². The Kier molecular flexibility index (Phi) is 4.38. The molecule has 2 aromatic rings. The summed E-state index contributed by atoms with van der Waals surface area (Å²) in [5.74, 6) is -1.15. The molecule has 1 atom stereocenters. The minimum atomic E-state index is -0.974. The van der Waals surface area contributed by atoms with E-state index in [9.17, 15) is 14.7 Å². The molecule has 1 aliphatic rings. The van der Waals surface area contributed by atoms with Crippen LogP contribution in [-0.4, -0.2) is 43.9 Å². The van der Waals surface area contributed by atoms with Crippen LogP contribution in [0.3, 0.4) is 0 Å². The van der Waals surface area contributed by atoms with Crippen LogP contribution in [0.2, 0.25) is 0 Å². The lowest BCUT2D eigenvalue weighted by Crippen LogP contribution is -2.45. The summed E-state index contributed by atoms with van der Waals surface area (Å²) in [6.45, 7) is 1.55. The highest BCUT2D eigenvalue weighted by atomic mass is 32.1. The van der Waals surface area contributed by atoms with E-state index in [2.05, 4.69) is 9.97 Å². The molecule has 3 rings (SSSR count). The van der Waals surface area contributed by atoms with Crippen molar-refractivity contribution in [1.29, 1.82) is 0 Å². The second-order valence-electron chi connectivity index (χ2n) is 5.58. The number of carbonyl (C=O) groups excluding carboxylic acids is 1. The molecule has 1 fully saturated rings. The third-order valence-corrected chi connectivity index (χ3v) is 4.68. The van der Waals surface area contributed by atoms with Gasteiger partial charge in [0.25, 0.3) is 0 Å². The van der Waals surface area contributed by atoms with Gasteiger partial charge in [0.2, 0.25) is 5.91 Å². The van der Waals surface area contributed by atoms with Crippen molar-refractivity contribution in [3.8, 4) is 10.7 Å². The van der Waals surface area contributed by atoms with Crippen LogP contribution in [0, 0.1) is 0 Å². The normalized spacial score (nSPS) is 15.2. The number of carbonyl (C=O) groups is 2. The van der Waals surface area contributed by atoms with Crippen molar-refractivity contribution < 1.29 is 14.7 Å². The molecule has 1 N–H and O–H groups in total. The first-order valence-electron chi connectivity index (χ1n) is 7.46. The van der Waals surface area contributed by atoms with Crippen LogP contribution in [-0.2, 0) is 16.0 Å². The number of aliphatic carboxylic acids is 1. The van der Waals surface area contributed by atoms with Crippen LogP contribution >= 0.6 is 11.3 Å². The summed E-state index contributed by atoms with van der Waals surface area (Å²) in [7, 11) is 0. The standard InChI is InChI=1S/C16H17N3O3S/c1-10(16(21)22)19(12-5-6-12)14(20)8-11-9-23-15(18-11)13-4-2-3-7-17-13/h2-4,7,9-10,12H,5-6,8H2,1H3,(H,21,22). The van der Waals surface area contributed by atoms with E-state index in [0.29, 0.717) is 5.69 Å². The molecule has 1 amide bonds. The van der Waals surface area contributed by atoms with Crippen molar-refractivity contribution in [2.75, 3.05) is 0 Å². The molecule has 0 saturated heterocycles. The lowest BCUT2D eigenvalue weighted by molar-refractivity contribution is -0.149. The Hall–Kier alpha value is -2.28. The van der Waals surface area contributed by atoms with Gasteiger partial charge in [-0.3, -0.25) is 9.78 Å². The summed E-state index contributed by atoms with van der Waals surface area (Å²) in [5, 5.41) is 11.8. The number of carboxylic acid groups (broad SMARTS) is 1. The third-order valence-electron chi connectivity index (χ3n) is 3.77. The second kappa shape index (κ2) is 6.45. The van der Waals surface area contributed by atoms with Gasteiger partial charge in [-0.2, -0.15) is 0 Å². The number of amides is 1. The van der Waals surface area contributed by atoms with Crippen LogP contribution < -0.4 is 0 Å². The molecule has 1 aliphatic carbocycles. The maximum atomic E-state index is 12.5. The summed E-state index contributed by atoms with van der Waals surface area (Å²) in [5.41, 5.74) is 1.43. The quantitative estimate of drug-likeness (QED) is 0.877. The first kappa shape index (κ1) is 15.6. The smallest absolute Gasteiger partial charge is 0.326 e. The zero-order chi connectivity index (χ0) is 16.4. The van der Waals surface area contributed by atoms with E-state index in [1.165, 1.54) is 16.2 Å². The minimum Gasteiger partial charge on any atom is -0.480 e. The molecule has 0 aromatic carbocycles. The van der Waals surface area contributed by atoms with Gasteiger partial charge < -0.3 is 10.0 Å². The van der Waals surface area contributed by atoms with E-state index in [-0.39, 0.29) is 18.4 Å². The maximum Gasteiger partial charge on any atom is 0.326 e. The van der Waals surface area contributed by atoms with E-state index < -0.39 is 12.0 Å². The third kappa shape index (κ3) is 3.56. The van der Waals surface area contributed by atoms with Crippen LogP contribution in [0.4, 0.5) is 0 Å². The Morgan fingerprint density at radius 3 is 2.83 bits per heavy atom. The molecule has 6 nitrogen and oxygen atoms in total. The van der Waals surface area contributed by atoms with Crippen molar-refractivity contribution in [3.05, 3.63) is 35.5 Å². The van der Waals surface area contributed by atoms with E-state index in [0.717, 1.165) is 23.5 Å². The SMILES string of the molecule is CC(C(=O)O)N(C(=O)Cc1csc(-c2ccccn2)n1)C1CC1. The Bertz CT molecular complexity index is 712. The molecular weight excluding hydrogens is 314 g/mol. The first-order valence-corrected chi connectivity index (χ1v) is 8.34. The Morgan fingerprint density at radius 2 is 2.22 bits per heavy atom. The number of nitrogens with zero attached hydrogens (tertiary/aromatic N) is 3. The molecule has 7 heteroatoms. The van der Waals surface area contributed by atoms with E-state index in [4.69, 9.17) is 0 Å². The van der Waals surface area contributed by atoms with E-state index in [1.807, 2.05) is 23.6 Å². The number of pyridine rings is 1. The number of hydrogen-bond donors (Lipinski definition) is 1. The molecule has 120 valence electrons. The van der Waals surface area contributed by atoms with E-state index >= 15 is 0 Å². The van der Waals surface area contributed by atoms with Gasteiger partial charge in [0, 0.05) is 17.6 Å². The average Bonchev–Trinajstić information content (AvgIpc) is 3.26. The molecule has 0 bridgehead atoms. The van der Waals surface area contributed by atoms with Crippen LogP contribution in [0.25, 0.3) is 10.7 Å². The Morgan fingerprint density at radius 1 is 1.43 bits per heavy atom. The summed E-state index contributed by atoms with van der Waals surface area (Å²) >= 11 is 1.43. The van der Waals surface area contributed by atoms with Gasteiger partial charge in [-0.15, -0.1) is 11.3 Å². The number of aromatic nitrogens is 2. The zero-order valence-electron chi connectivity index (χ0n) is 12.7. The highest BCUT2D eigenvalue weighted by molar-refractivity contribution is 7.13. The molecule has 2 heterocycles. The molecule has 0 aliphatic heterocycles. The van der Waals surface area contributed by atoms with Crippen molar-refractivity contribution in [2.45, 2.75) is 38.3 Å². The first-order chi connectivity index (χ1) is 11.1. The van der Waals surface area contributed by atoms with Crippen LogP contribution in [0.15, 0.2) is 29.8 Å². The van der Waals surface area contributed by atoms with Gasteiger partial charge in [0.15, 0.2) is 0 Å². The van der Waals surface area contributed by atoms with Crippen LogP contribution in [0.1, 0.15) is 25.5 Å². The number of thiazole rings is 1. The summed E-state index contributed by atoms with van der Waals surface area (Å²) in [4.78, 5) is 33.9. The number of carboxylic acids is 1. The summed E-state index contributed by atoms with van der Waals surface area (Å²) in [6, 6.07) is 4.85. The van der Waals surface area contributed by atoms with Crippen LogP contribution in [0.5, 0.6) is 0 Å². The predicted molar refractivity (Wildman–Crippen MR) is 86.0 cm³/mol. The molecular formula is C16H17N3O3S. The van der Waals surface area contributed by atoms with Crippen molar-refractivity contribution in [1.82, 2.24) is 14.9 Å². The van der Waals surface area contributed by atoms with Crippen molar-refractivity contribution in [3.63, 3.8) is 0 Å². The molecule has 2 aromatic heterocycles. The lowest BCUT2D eigenvalue weighted by atomic mass is 10.2. The molecule has 23 heavy (non-hydrogen) atoms. The van der Waals surface area contributed by atoms with Gasteiger partial charge in [0.1, 0.15) is 11.0 Å². The minimum absolute atomic E-state index is 0.0579. The highest BCUT2D eigenvalue weighted by Crippen LogP contribution is 2.30. The molecule has 0 radical (unpaired) electrons. The highest BCUT2D eigenvalue weighted by Gasteiger charge is 2.38. The van der Waals surface area contributed by atoms with Gasteiger partial charge in [-0.25, -0.2) is 9.78 Å². The summed E-state index contributed by atoms with van der Waals surface area (Å²) in [6.07, 6.45) is 3.57. The van der Waals surface area contributed by atoms with Crippen molar-refractivity contribution in [2.24, 2.45) is 0 Å². The van der Waals surface area contributed by atoms with Gasteiger partial charge in [-0.05, 0) is 31.9 Å². The summed E-state index contributed by atoms with van der Waals surface area (Å²) < 4.78 is 0. The monoisotopic (exact) mass is 331 g/mol. The number of rotatable bonds is 6. The Balaban J connectivity index is 1.72. The fourth-order valence-corrected chi connectivity index (χ4v) is 3.24. The largest absolute Gasteiger partial charge is 0.480 e.